The van der Waals surface area contributed by atoms with E-state index in [9.17, 15) is 9.90 Å². The Balaban J connectivity index is 2.21. The van der Waals surface area contributed by atoms with Crippen molar-refractivity contribution in [3.05, 3.63) is 28.7 Å². The second-order valence-electron chi connectivity index (χ2n) is 5.56. The highest BCUT2D eigenvalue weighted by Gasteiger charge is 2.40. The van der Waals surface area contributed by atoms with E-state index < -0.39 is 5.97 Å². The normalized spacial score (nSPS) is 22.8. The largest absolute Gasteiger partial charge is 0.481 e. The Morgan fingerprint density at radius 3 is 2.83 bits per heavy atom. The van der Waals surface area contributed by atoms with Crippen LogP contribution in [0.3, 0.4) is 0 Å². The van der Waals surface area contributed by atoms with Crippen LogP contribution in [0.1, 0.15) is 20.3 Å². The number of carbonyl (C=O) groups is 1. The van der Waals surface area contributed by atoms with E-state index in [-0.39, 0.29) is 11.3 Å². The Morgan fingerprint density at radius 1 is 1.50 bits per heavy atom. The molecule has 0 bridgehead atoms. The summed E-state index contributed by atoms with van der Waals surface area (Å²) < 4.78 is 1.02. The fraction of sp³-hybridized carbons (Fsp3) is 0.500. The first-order valence-corrected chi connectivity index (χ1v) is 6.93. The molecule has 1 fully saturated rings. The molecule has 1 saturated heterocycles. The van der Waals surface area contributed by atoms with Gasteiger partial charge < -0.3 is 10.0 Å². The number of piperidine rings is 1. The Bertz CT molecular complexity index is 459. The van der Waals surface area contributed by atoms with Gasteiger partial charge in [0.1, 0.15) is 0 Å². The number of carboxylic acid groups (broad SMARTS) is 1. The van der Waals surface area contributed by atoms with Crippen molar-refractivity contribution in [2.45, 2.75) is 20.3 Å². The molecule has 1 aliphatic heterocycles. The van der Waals surface area contributed by atoms with Crippen molar-refractivity contribution >= 4 is 27.6 Å². The van der Waals surface area contributed by atoms with Crippen LogP contribution in [0, 0.1) is 11.3 Å². The predicted molar refractivity (Wildman–Crippen MR) is 75.9 cm³/mol. The topological polar surface area (TPSA) is 40.5 Å². The summed E-state index contributed by atoms with van der Waals surface area (Å²) >= 11 is 3.45. The molecule has 98 valence electrons. The van der Waals surface area contributed by atoms with Crippen LogP contribution < -0.4 is 4.90 Å². The lowest BCUT2D eigenvalue weighted by Gasteiger charge is -2.42. The van der Waals surface area contributed by atoms with Crippen LogP contribution in [-0.2, 0) is 4.79 Å². The van der Waals surface area contributed by atoms with E-state index in [1.807, 2.05) is 38.1 Å². The Labute approximate surface area is 116 Å². The van der Waals surface area contributed by atoms with Crippen LogP contribution in [-0.4, -0.2) is 24.2 Å². The van der Waals surface area contributed by atoms with Crippen LogP contribution in [0.15, 0.2) is 28.7 Å². The number of nitrogens with zero attached hydrogens (tertiary/aromatic N) is 1. The Morgan fingerprint density at radius 2 is 2.22 bits per heavy atom. The summed E-state index contributed by atoms with van der Waals surface area (Å²) in [5, 5.41) is 9.36. The molecule has 0 aromatic heterocycles. The number of benzene rings is 1. The van der Waals surface area contributed by atoms with Crippen molar-refractivity contribution in [3.63, 3.8) is 0 Å². The number of aliphatic carboxylic acids is 1. The highest BCUT2D eigenvalue weighted by atomic mass is 79.9. The molecule has 1 heterocycles. The molecular weight excluding hydrogens is 294 g/mol. The molecule has 1 unspecified atom stereocenters. The molecule has 0 saturated carbocycles. The first-order valence-electron chi connectivity index (χ1n) is 6.13. The van der Waals surface area contributed by atoms with E-state index in [1.54, 1.807) is 0 Å². The molecule has 0 aliphatic carbocycles. The van der Waals surface area contributed by atoms with Crippen LogP contribution in [0.4, 0.5) is 5.69 Å². The molecule has 3 nitrogen and oxygen atoms in total. The molecule has 1 aromatic rings. The van der Waals surface area contributed by atoms with Crippen molar-refractivity contribution in [1.82, 2.24) is 0 Å². The molecule has 1 aliphatic rings. The fourth-order valence-corrected chi connectivity index (χ4v) is 2.86. The zero-order valence-electron chi connectivity index (χ0n) is 10.7. The van der Waals surface area contributed by atoms with Gasteiger partial charge in [0.05, 0.1) is 5.92 Å². The minimum atomic E-state index is -0.695. The summed E-state index contributed by atoms with van der Waals surface area (Å²) in [6.07, 6.45) is 0.899. The van der Waals surface area contributed by atoms with Gasteiger partial charge in [-0.15, -0.1) is 0 Å². The number of carboxylic acids is 1. The summed E-state index contributed by atoms with van der Waals surface area (Å²) in [4.78, 5) is 13.5. The third-order valence-electron chi connectivity index (χ3n) is 3.84. The lowest BCUT2D eigenvalue weighted by atomic mass is 9.73. The Kier molecular flexibility index (Phi) is 3.66. The number of hydrogen-bond acceptors (Lipinski definition) is 2. The van der Waals surface area contributed by atoms with Gasteiger partial charge in [-0.25, -0.2) is 0 Å². The Hall–Kier alpha value is -1.03. The van der Waals surface area contributed by atoms with Gasteiger partial charge >= 0.3 is 5.97 Å². The number of anilines is 1. The van der Waals surface area contributed by atoms with Gasteiger partial charge in [0.2, 0.25) is 0 Å². The molecule has 0 spiro atoms. The van der Waals surface area contributed by atoms with Crippen LogP contribution >= 0.6 is 15.9 Å². The first kappa shape index (κ1) is 13.4. The molecule has 1 aromatic carbocycles. The summed E-state index contributed by atoms with van der Waals surface area (Å²) in [6, 6.07) is 8.03. The molecule has 0 amide bonds. The molecule has 18 heavy (non-hydrogen) atoms. The molecule has 1 N–H and O–H groups in total. The van der Waals surface area contributed by atoms with Gasteiger partial charge in [-0.05, 0) is 30.0 Å². The SMILES string of the molecule is CC1(C)CCN(c2cccc(Br)c2)CC1C(=O)O. The minimum Gasteiger partial charge on any atom is -0.481 e. The van der Waals surface area contributed by atoms with Gasteiger partial charge in [-0.2, -0.15) is 0 Å². The highest BCUT2D eigenvalue weighted by molar-refractivity contribution is 9.10. The molecule has 2 rings (SSSR count). The number of halogens is 1. The van der Waals surface area contributed by atoms with Crippen molar-refractivity contribution in [3.8, 4) is 0 Å². The molecule has 4 heteroatoms. The molecule has 1 atom stereocenters. The maximum Gasteiger partial charge on any atom is 0.308 e. The third-order valence-corrected chi connectivity index (χ3v) is 4.34. The van der Waals surface area contributed by atoms with Gasteiger partial charge in [0, 0.05) is 23.2 Å². The van der Waals surface area contributed by atoms with E-state index in [4.69, 9.17) is 0 Å². The average Bonchev–Trinajstić information content (AvgIpc) is 2.28. The average molecular weight is 312 g/mol. The minimum absolute atomic E-state index is 0.131. The molecule has 0 radical (unpaired) electrons. The number of hydrogen-bond donors (Lipinski definition) is 1. The summed E-state index contributed by atoms with van der Waals surface area (Å²) in [6.45, 7) is 5.58. The summed E-state index contributed by atoms with van der Waals surface area (Å²) in [7, 11) is 0. The van der Waals surface area contributed by atoms with E-state index >= 15 is 0 Å². The van der Waals surface area contributed by atoms with E-state index in [1.165, 1.54) is 0 Å². The second kappa shape index (κ2) is 4.92. The van der Waals surface area contributed by atoms with Gasteiger partial charge in [0.15, 0.2) is 0 Å². The van der Waals surface area contributed by atoms with Crippen LogP contribution in [0.2, 0.25) is 0 Å². The highest BCUT2D eigenvalue weighted by Crippen LogP contribution is 2.37. The zero-order chi connectivity index (χ0) is 13.3. The third kappa shape index (κ3) is 2.69. The van der Waals surface area contributed by atoms with Crippen LogP contribution in [0.5, 0.6) is 0 Å². The smallest absolute Gasteiger partial charge is 0.308 e. The summed E-state index contributed by atoms with van der Waals surface area (Å²) in [5.41, 5.74) is 0.958. The monoisotopic (exact) mass is 311 g/mol. The fourth-order valence-electron chi connectivity index (χ4n) is 2.48. The van der Waals surface area contributed by atoms with Gasteiger partial charge in [-0.1, -0.05) is 35.8 Å². The number of rotatable bonds is 2. The predicted octanol–water partition coefficient (Wildman–Crippen LogP) is 3.39. The van der Waals surface area contributed by atoms with E-state index in [0.29, 0.717) is 6.54 Å². The van der Waals surface area contributed by atoms with Crippen molar-refractivity contribution in [1.29, 1.82) is 0 Å². The lowest BCUT2D eigenvalue weighted by Crippen LogP contribution is -2.48. The van der Waals surface area contributed by atoms with Gasteiger partial charge in [-0.3, -0.25) is 4.79 Å². The van der Waals surface area contributed by atoms with E-state index in [0.717, 1.165) is 23.1 Å². The lowest BCUT2D eigenvalue weighted by molar-refractivity contribution is -0.146. The standard InChI is InChI=1S/C14H18BrNO2/c1-14(2)6-7-16(9-12(14)13(17)18)11-5-3-4-10(15)8-11/h3-5,8,12H,6-7,9H2,1-2H3,(H,17,18). The van der Waals surface area contributed by atoms with Crippen molar-refractivity contribution < 1.29 is 9.90 Å². The molecular formula is C14H18BrNO2. The first-order chi connectivity index (χ1) is 8.40. The summed E-state index contributed by atoms with van der Waals surface area (Å²) in [5.74, 6) is -1.01. The zero-order valence-corrected chi connectivity index (χ0v) is 12.3. The van der Waals surface area contributed by atoms with Crippen LogP contribution in [0.25, 0.3) is 0 Å². The maximum absolute atomic E-state index is 11.4. The van der Waals surface area contributed by atoms with E-state index in [2.05, 4.69) is 20.8 Å². The maximum atomic E-state index is 11.4. The van der Waals surface area contributed by atoms with Crippen molar-refractivity contribution in [2.75, 3.05) is 18.0 Å². The second-order valence-corrected chi connectivity index (χ2v) is 6.47. The van der Waals surface area contributed by atoms with Gasteiger partial charge in [0.25, 0.3) is 0 Å². The quantitative estimate of drug-likeness (QED) is 0.910. The van der Waals surface area contributed by atoms with Crippen molar-refractivity contribution in [2.24, 2.45) is 11.3 Å².